The lowest BCUT2D eigenvalue weighted by atomic mass is 10.8. The quantitative estimate of drug-likeness (QED) is 0.528. The molecule has 50 valence electrons. The molecule has 5 nitrogen and oxygen atoms in total. The minimum atomic E-state index is -1.33. The number of hydrogen-bond acceptors (Lipinski definition) is 3. The third-order valence-electron chi connectivity index (χ3n) is 0.347. The van der Waals surface area contributed by atoms with Crippen molar-refractivity contribution in [3.8, 4) is 0 Å². The standard InChI is InChI=1S/C3H3NO.CH3NO2/c1-2-4-5-3-1;2-1(3)4/h1-3H;2H2,(H,3,4). The van der Waals surface area contributed by atoms with Crippen LogP contribution < -0.4 is 5.73 Å². The van der Waals surface area contributed by atoms with Gasteiger partial charge in [-0.25, -0.2) is 4.79 Å². The molecule has 0 saturated carbocycles. The highest BCUT2D eigenvalue weighted by atomic mass is 16.5. The van der Waals surface area contributed by atoms with Gasteiger partial charge in [0.15, 0.2) is 0 Å². The van der Waals surface area contributed by atoms with E-state index in [1.165, 1.54) is 6.26 Å². The van der Waals surface area contributed by atoms with E-state index in [4.69, 9.17) is 9.90 Å². The highest BCUT2D eigenvalue weighted by molar-refractivity contribution is 5.61. The third-order valence-corrected chi connectivity index (χ3v) is 0.347. The smallest absolute Gasteiger partial charge is 0.402 e. The van der Waals surface area contributed by atoms with Crippen molar-refractivity contribution < 1.29 is 14.4 Å². The Balaban J connectivity index is 0.000000148. The van der Waals surface area contributed by atoms with Crippen LogP contribution in [0.2, 0.25) is 0 Å². The molecule has 1 heterocycles. The topological polar surface area (TPSA) is 89.4 Å². The Bertz CT molecular complexity index is 128. The zero-order valence-corrected chi connectivity index (χ0v) is 4.52. The molecule has 1 aromatic heterocycles. The summed E-state index contributed by atoms with van der Waals surface area (Å²) in [5.41, 5.74) is 4.03. The van der Waals surface area contributed by atoms with E-state index in [0.29, 0.717) is 0 Å². The van der Waals surface area contributed by atoms with E-state index in [1.807, 2.05) is 0 Å². The van der Waals surface area contributed by atoms with Gasteiger partial charge in [0.25, 0.3) is 0 Å². The van der Waals surface area contributed by atoms with Crippen molar-refractivity contribution in [1.82, 2.24) is 5.16 Å². The summed E-state index contributed by atoms with van der Waals surface area (Å²) in [7, 11) is 0. The number of hydrogen-bond donors (Lipinski definition) is 2. The monoisotopic (exact) mass is 130 g/mol. The van der Waals surface area contributed by atoms with Gasteiger partial charge < -0.3 is 15.4 Å². The second kappa shape index (κ2) is 4.63. The third kappa shape index (κ3) is 10.7. The number of amides is 1. The van der Waals surface area contributed by atoms with E-state index in [2.05, 4.69) is 15.4 Å². The Hall–Kier alpha value is -1.52. The van der Waals surface area contributed by atoms with Crippen LogP contribution in [0.5, 0.6) is 0 Å². The second-order valence-corrected chi connectivity index (χ2v) is 1.03. The summed E-state index contributed by atoms with van der Waals surface area (Å²) in [6.45, 7) is 0. The van der Waals surface area contributed by atoms with Gasteiger partial charge in [-0.2, -0.15) is 0 Å². The first kappa shape index (κ1) is 7.48. The molecule has 9 heavy (non-hydrogen) atoms. The van der Waals surface area contributed by atoms with E-state index >= 15 is 0 Å². The summed E-state index contributed by atoms with van der Waals surface area (Å²) < 4.78 is 4.33. The van der Waals surface area contributed by atoms with E-state index in [1.54, 1.807) is 12.3 Å². The maximum Gasteiger partial charge on any atom is 0.402 e. The molecule has 1 aromatic rings. The van der Waals surface area contributed by atoms with Crippen molar-refractivity contribution in [1.29, 1.82) is 0 Å². The number of primary amides is 1. The summed E-state index contributed by atoms with van der Waals surface area (Å²) in [6.07, 6.45) is 1.76. The molecule has 0 saturated heterocycles. The molecule has 3 N–H and O–H groups in total. The Labute approximate surface area is 51.1 Å². The molecule has 0 bridgehead atoms. The van der Waals surface area contributed by atoms with Gasteiger partial charge in [0.2, 0.25) is 0 Å². The summed E-state index contributed by atoms with van der Waals surface area (Å²) in [5, 5.41) is 10.5. The van der Waals surface area contributed by atoms with Gasteiger partial charge >= 0.3 is 6.09 Å². The summed E-state index contributed by atoms with van der Waals surface area (Å²) >= 11 is 0. The van der Waals surface area contributed by atoms with Crippen molar-refractivity contribution in [2.75, 3.05) is 0 Å². The fourth-order valence-electron chi connectivity index (χ4n) is 0.176. The zero-order chi connectivity index (χ0) is 7.11. The summed E-state index contributed by atoms with van der Waals surface area (Å²) in [5.74, 6) is 0. The Morgan fingerprint density at radius 1 is 1.78 bits per heavy atom. The lowest BCUT2D eigenvalue weighted by Crippen LogP contribution is -2.03. The SMILES string of the molecule is NC(=O)O.c1cnoc1. The predicted octanol–water partition coefficient (Wildman–Crippen LogP) is 0.298. The summed E-state index contributed by atoms with van der Waals surface area (Å²) in [6, 6.07) is 1.72. The largest absolute Gasteiger partial charge is 0.465 e. The van der Waals surface area contributed by atoms with E-state index < -0.39 is 6.09 Å². The highest BCUT2D eigenvalue weighted by Gasteiger charge is 1.65. The molecule has 1 amide bonds. The zero-order valence-electron chi connectivity index (χ0n) is 4.52. The van der Waals surface area contributed by atoms with E-state index in [9.17, 15) is 0 Å². The Kier molecular flexibility index (Phi) is 3.85. The highest BCUT2D eigenvalue weighted by Crippen LogP contribution is 1.72. The number of aromatic nitrogens is 1. The Morgan fingerprint density at radius 2 is 2.33 bits per heavy atom. The lowest BCUT2D eigenvalue weighted by molar-refractivity contribution is 0.205. The fourth-order valence-corrected chi connectivity index (χ4v) is 0.176. The maximum atomic E-state index is 8.78. The van der Waals surface area contributed by atoms with Gasteiger partial charge in [-0.1, -0.05) is 5.16 Å². The van der Waals surface area contributed by atoms with Crippen LogP contribution in [-0.4, -0.2) is 16.4 Å². The molecular formula is C4H6N2O3. The van der Waals surface area contributed by atoms with Gasteiger partial charge in [-0.05, 0) is 6.07 Å². The van der Waals surface area contributed by atoms with Crippen molar-refractivity contribution in [3.05, 3.63) is 18.5 Å². The molecule has 5 heteroatoms. The first-order chi connectivity index (χ1) is 4.23. The minimum Gasteiger partial charge on any atom is -0.465 e. The number of carboxylic acid groups (broad SMARTS) is 1. The number of nitrogens with two attached hydrogens (primary N) is 1. The van der Waals surface area contributed by atoms with Crippen LogP contribution in [-0.2, 0) is 0 Å². The molecule has 1 rings (SSSR count). The van der Waals surface area contributed by atoms with Crippen LogP contribution >= 0.6 is 0 Å². The molecule has 0 atom stereocenters. The van der Waals surface area contributed by atoms with Crippen molar-refractivity contribution in [2.45, 2.75) is 0 Å². The lowest BCUT2D eigenvalue weighted by Gasteiger charge is -1.61. The van der Waals surface area contributed by atoms with Crippen LogP contribution in [0.4, 0.5) is 4.79 Å². The van der Waals surface area contributed by atoms with Crippen LogP contribution in [0.3, 0.4) is 0 Å². The molecule has 0 unspecified atom stereocenters. The molecule has 0 radical (unpaired) electrons. The fraction of sp³-hybridized carbons (Fsp3) is 0. The maximum absolute atomic E-state index is 8.78. The number of nitrogens with zero attached hydrogens (tertiary/aromatic N) is 1. The van der Waals surface area contributed by atoms with Gasteiger partial charge in [0.1, 0.15) is 6.26 Å². The number of rotatable bonds is 0. The molecule has 0 aromatic carbocycles. The van der Waals surface area contributed by atoms with Crippen molar-refractivity contribution in [2.24, 2.45) is 5.73 Å². The van der Waals surface area contributed by atoms with Crippen LogP contribution in [0.25, 0.3) is 0 Å². The van der Waals surface area contributed by atoms with Crippen LogP contribution in [0, 0.1) is 0 Å². The molecule has 0 aliphatic rings. The van der Waals surface area contributed by atoms with Crippen molar-refractivity contribution in [3.63, 3.8) is 0 Å². The predicted molar refractivity (Wildman–Crippen MR) is 28.7 cm³/mol. The number of carbonyl (C=O) groups is 1. The first-order valence-electron chi connectivity index (χ1n) is 2.06. The first-order valence-corrected chi connectivity index (χ1v) is 2.06. The van der Waals surface area contributed by atoms with Gasteiger partial charge in [-0.3, -0.25) is 0 Å². The average molecular weight is 130 g/mol. The van der Waals surface area contributed by atoms with Crippen molar-refractivity contribution >= 4 is 6.09 Å². The van der Waals surface area contributed by atoms with Gasteiger partial charge in [-0.15, -0.1) is 0 Å². The minimum absolute atomic E-state index is 1.33. The van der Waals surface area contributed by atoms with E-state index in [-0.39, 0.29) is 0 Å². The average Bonchev–Trinajstić information content (AvgIpc) is 2.11. The normalized spacial score (nSPS) is 7.11. The Morgan fingerprint density at radius 3 is 2.44 bits per heavy atom. The molecule has 0 fully saturated rings. The van der Waals surface area contributed by atoms with Gasteiger partial charge in [0, 0.05) is 0 Å². The van der Waals surface area contributed by atoms with Gasteiger partial charge in [0.05, 0.1) is 6.20 Å². The van der Waals surface area contributed by atoms with Crippen LogP contribution in [0.1, 0.15) is 0 Å². The second-order valence-electron chi connectivity index (χ2n) is 1.03. The van der Waals surface area contributed by atoms with E-state index in [0.717, 1.165) is 0 Å². The molecule has 0 spiro atoms. The molecule has 0 aliphatic heterocycles. The molecular weight excluding hydrogens is 124 g/mol. The van der Waals surface area contributed by atoms with Crippen LogP contribution in [0.15, 0.2) is 23.0 Å². The summed E-state index contributed by atoms with van der Waals surface area (Å²) in [4.78, 5) is 8.78. The molecule has 0 aliphatic carbocycles.